The molecule has 3 rings (SSSR count). The van der Waals surface area contributed by atoms with Crippen LogP contribution in [0.3, 0.4) is 0 Å². The van der Waals surface area contributed by atoms with Gasteiger partial charge in [-0.2, -0.15) is 0 Å². The zero-order chi connectivity index (χ0) is 14.3. The normalized spacial score (nSPS) is 11.6. The minimum atomic E-state index is -1.33. The van der Waals surface area contributed by atoms with Gasteiger partial charge in [0.05, 0.1) is 11.1 Å². The van der Waals surface area contributed by atoms with E-state index >= 15 is 0 Å². The predicted octanol–water partition coefficient (Wildman–Crippen LogP) is 2.44. The Labute approximate surface area is 112 Å². The SMILES string of the molecule is O=C(O)c1ccc2c(c1C(=O)O)-c1ccccc1OO2. The van der Waals surface area contributed by atoms with Crippen molar-refractivity contribution in [2.24, 2.45) is 0 Å². The maximum Gasteiger partial charge on any atom is 0.337 e. The number of rotatable bonds is 2. The molecule has 6 heteroatoms. The zero-order valence-corrected chi connectivity index (χ0v) is 9.99. The molecular weight excluding hydrogens is 264 g/mol. The van der Waals surface area contributed by atoms with E-state index in [1.54, 1.807) is 24.3 Å². The quantitative estimate of drug-likeness (QED) is 0.815. The van der Waals surface area contributed by atoms with E-state index in [9.17, 15) is 14.7 Å². The van der Waals surface area contributed by atoms with Crippen LogP contribution in [-0.4, -0.2) is 22.2 Å². The Hall–Kier alpha value is -3.02. The largest absolute Gasteiger partial charge is 0.478 e. The van der Waals surface area contributed by atoms with Crippen LogP contribution >= 0.6 is 0 Å². The Kier molecular flexibility index (Phi) is 2.57. The van der Waals surface area contributed by atoms with Crippen LogP contribution in [-0.2, 0) is 0 Å². The van der Waals surface area contributed by atoms with Gasteiger partial charge >= 0.3 is 11.9 Å². The van der Waals surface area contributed by atoms with Crippen LogP contribution < -0.4 is 9.78 Å². The van der Waals surface area contributed by atoms with E-state index in [2.05, 4.69) is 0 Å². The van der Waals surface area contributed by atoms with Crippen molar-refractivity contribution in [3.8, 4) is 22.6 Å². The number of hydrogen-bond donors (Lipinski definition) is 2. The van der Waals surface area contributed by atoms with E-state index in [1.807, 2.05) is 0 Å². The molecule has 1 aliphatic heterocycles. The van der Waals surface area contributed by atoms with Crippen molar-refractivity contribution in [1.29, 1.82) is 0 Å². The van der Waals surface area contributed by atoms with Crippen molar-refractivity contribution >= 4 is 11.9 Å². The summed E-state index contributed by atoms with van der Waals surface area (Å²) in [5, 5.41) is 18.5. The van der Waals surface area contributed by atoms with Crippen molar-refractivity contribution in [2.45, 2.75) is 0 Å². The van der Waals surface area contributed by atoms with Gasteiger partial charge in [0.1, 0.15) is 0 Å². The summed E-state index contributed by atoms with van der Waals surface area (Å²) < 4.78 is 0. The van der Waals surface area contributed by atoms with Gasteiger partial charge < -0.3 is 10.2 Å². The second-order valence-corrected chi connectivity index (χ2v) is 4.13. The first-order valence-electron chi connectivity index (χ1n) is 5.67. The Morgan fingerprint density at radius 1 is 0.850 bits per heavy atom. The molecule has 6 nitrogen and oxygen atoms in total. The minimum absolute atomic E-state index is 0.172. The van der Waals surface area contributed by atoms with Crippen LogP contribution in [0.15, 0.2) is 36.4 Å². The van der Waals surface area contributed by atoms with Crippen molar-refractivity contribution in [3.05, 3.63) is 47.5 Å². The average Bonchev–Trinajstić information content (AvgIpc) is 2.45. The van der Waals surface area contributed by atoms with Crippen LogP contribution in [0.25, 0.3) is 11.1 Å². The molecule has 0 bridgehead atoms. The predicted molar refractivity (Wildman–Crippen MR) is 67.1 cm³/mol. The highest BCUT2D eigenvalue weighted by molar-refractivity contribution is 6.08. The monoisotopic (exact) mass is 272 g/mol. The van der Waals surface area contributed by atoms with Crippen molar-refractivity contribution in [1.82, 2.24) is 0 Å². The molecule has 0 saturated heterocycles. The van der Waals surface area contributed by atoms with Crippen LogP contribution in [0.2, 0.25) is 0 Å². The number of hydrogen-bond acceptors (Lipinski definition) is 4. The summed E-state index contributed by atoms with van der Waals surface area (Å²) in [6.45, 7) is 0. The average molecular weight is 272 g/mol. The highest BCUT2D eigenvalue weighted by atomic mass is 17.2. The number of carboxylic acids is 2. The van der Waals surface area contributed by atoms with Crippen LogP contribution in [0.5, 0.6) is 11.5 Å². The molecule has 20 heavy (non-hydrogen) atoms. The fraction of sp³-hybridized carbons (Fsp3) is 0. The lowest BCUT2D eigenvalue weighted by Gasteiger charge is -2.21. The lowest BCUT2D eigenvalue weighted by Crippen LogP contribution is -2.15. The van der Waals surface area contributed by atoms with Crippen LogP contribution in [0.1, 0.15) is 20.7 Å². The van der Waals surface area contributed by atoms with Gasteiger partial charge in [-0.3, -0.25) is 9.78 Å². The number of para-hydroxylation sites is 1. The Morgan fingerprint density at radius 2 is 1.55 bits per heavy atom. The standard InChI is InChI=1S/C14H8O6/c15-13(16)8-5-6-10-11(12(8)14(17)18)7-3-1-2-4-9(7)19-20-10/h1-6H,(H,15,16)(H,17,18). The molecule has 0 fully saturated rings. The lowest BCUT2D eigenvalue weighted by atomic mass is 9.93. The molecule has 1 heterocycles. The van der Waals surface area contributed by atoms with Crippen LogP contribution in [0.4, 0.5) is 0 Å². The fourth-order valence-corrected chi connectivity index (χ4v) is 2.16. The van der Waals surface area contributed by atoms with E-state index in [-0.39, 0.29) is 22.4 Å². The fourth-order valence-electron chi connectivity index (χ4n) is 2.16. The summed E-state index contributed by atoms with van der Waals surface area (Å²) in [6.07, 6.45) is 0. The maximum atomic E-state index is 11.4. The summed E-state index contributed by atoms with van der Waals surface area (Å²) in [5.74, 6) is -2.13. The van der Waals surface area contributed by atoms with Gasteiger partial charge in [0, 0.05) is 11.1 Å². The summed E-state index contributed by atoms with van der Waals surface area (Å²) in [6, 6.07) is 9.22. The molecule has 0 spiro atoms. The molecule has 0 amide bonds. The van der Waals surface area contributed by atoms with E-state index in [4.69, 9.17) is 14.9 Å². The van der Waals surface area contributed by atoms with Crippen molar-refractivity contribution < 1.29 is 29.6 Å². The molecule has 0 aliphatic carbocycles. The molecule has 1 aliphatic rings. The second-order valence-electron chi connectivity index (χ2n) is 4.13. The van der Waals surface area contributed by atoms with Gasteiger partial charge in [0.15, 0.2) is 11.5 Å². The first kappa shape index (κ1) is 12.0. The molecule has 2 aromatic carbocycles. The molecule has 2 aromatic rings. The molecule has 0 saturated carbocycles. The third kappa shape index (κ3) is 1.66. The summed E-state index contributed by atoms with van der Waals surface area (Å²) >= 11 is 0. The molecule has 0 aromatic heterocycles. The van der Waals surface area contributed by atoms with E-state index < -0.39 is 11.9 Å². The summed E-state index contributed by atoms with van der Waals surface area (Å²) in [7, 11) is 0. The van der Waals surface area contributed by atoms with E-state index in [0.29, 0.717) is 11.3 Å². The molecule has 100 valence electrons. The number of carboxylic acid groups (broad SMARTS) is 2. The van der Waals surface area contributed by atoms with Gasteiger partial charge in [-0.1, -0.05) is 18.2 Å². The number of fused-ring (bicyclic) bond motifs is 3. The topological polar surface area (TPSA) is 93.1 Å². The Bertz CT molecular complexity index is 734. The van der Waals surface area contributed by atoms with Gasteiger partial charge in [0.25, 0.3) is 0 Å². The highest BCUT2D eigenvalue weighted by Crippen LogP contribution is 2.43. The first-order chi connectivity index (χ1) is 9.59. The highest BCUT2D eigenvalue weighted by Gasteiger charge is 2.29. The molecule has 0 atom stereocenters. The van der Waals surface area contributed by atoms with Gasteiger partial charge in [-0.25, -0.2) is 9.59 Å². The molecular formula is C14H8O6. The smallest absolute Gasteiger partial charge is 0.337 e. The van der Waals surface area contributed by atoms with Crippen molar-refractivity contribution in [2.75, 3.05) is 0 Å². The van der Waals surface area contributed by atoms with E-state index in [1.165, 1.54) is 12.1 Å². The Morgan fingerprint density at radius 3 is 2.25 bits per heavy atom. The van der Waals surface area contributed by atoms with Gasteiger partial charge in [-0.15, -0.1) is 0 Å². The molecule has 0 radical (unpaired) electrons. The molecule has 2 N–H and O–H groups in total. The zero-order valence-electron chi connectivity index (χ0n) is 9.99. The van der Waals surface area contributed by atoms with Crippen molar-refractivity contribution in [3.63, 3.8) is 0 Å². The maximum absolute atomic E-state index is 11.4. The number of benzene rings is 2. The molecule has 0 unspecified atom stereocenters. The number of aromatic carboxylic acids is 2. The minimum Gasteiger partial charge on any atom is -0.478 e. The van der Waals surface area contributed by atoms with Gasteiger partial charge in [0.2, 0.25) is 0 Å². The first-order valence-corrected chi connectivity index (χ1v) is 5.67. The summed E-state index contributed by atoms with van der Waals surface area (Å²) in [4.78, 5) is 32.7. The van der Waals surface area contributed by atoms with Crippen LogP contribution in [0, 0.1) is 0 Å². The van der Waals surface area contributed by atoms with Gasteiger partial charge in [-0.05, 0) is 18.2 Å². The second kappa shape index (κ2) is 4.27. The Balaban J connectivity index is 2.39. The van der Waals surface area contributed by atoms with E-state index in [0.717, 1.165) is 0 Å². The number of carbonyl (C=O) groups is 2. The third-order valence-electron chi connectivity index (χ3n) is 2.99. The lowest BCUT2D eigenvalue weighted by molar-refractivity contribution is -0.102. The summed E-state index contributed by atoms with van der Waals surface area (Å²) in [5.41, 5.74) is 0.0794. The third-order valence-corrected chi connectivity index (χ3v) is 2.99.